The normalized spacial score (nSPS) is 11.3. The van der Waals surface area contributed by atoms with Crippen LogP contribution in [0.25, 0.3) is 0 Å². The van der Waals surface area contributed by atoms with Gasteiger partial charge < -0.3 is 29.2 Å². The predicted octanol–water partition coefficient (Wildman–Crippen LogP) is 5.19. The molecule has 0 saturated carbocycles. The molecule has 214 valence electrons. The molecule has 10 nitrogen and oxygen atoms in total. The first-order chi connectivity index (χ1) is 18.3. The Bertz CT molecular complexity index is 1380. The van der Waals surface area contributed by atoms with Crippen LogP contribution in [0.15, 0.2) is 54.6 Å². The van der Waals surface area contributed by atoms with Gasteiger partial charge in [-0.2, -0.15) is 0 Å². The average Bonchev–Trinajstić information content (AvgIpc) is 2.81. The van der Waals surface area contributed by atoms with E-state index in [0.29, 0.717) is 0 Å². The van der Waals surface area contributed by atoms with Crippen LogP contribution in [0.4, 0.5) is 0 Å². The molecule has 0 spiro atoms. The summed E-state index contributed by atoms with van der Waals surface area (Å²) in [6, 6.07) is 6.04. The van der Waals surface area contributed by atoms with Crippen molar-refractivity contribution in [3.63, 3.8) is 0 Å². The summed E-state index contributed by atoms with van der Waals surface area (Å²) < 4.78 is 21.2. The molecule has 0 amide bonds. The third kappa shape index (κ3) is 8.45. The third-order valence-electron chi connectivity index (χ3n) is 5.23. The zero-order chi connectivity index (χ0) is 30.6. The Hall–Kier alpha value is -4.60. The number of ether oxygens (including phenoxy) is 4. The lowest BCUT2D eigenvalue weighted by molar-refractivity contribution is -0.144. The molecular formula is C30H34O10. The largest absolute Gasteiger partial charge is 0.508 e. The molecule has 10 heteroatoms. The van der Waals surface area contributed by atoms with Gasteiger partial charge in [-0.15, -0.1) is 0 Å². The fraction of sp³-hybridized carbons (Fsp3) is 0.333. The first-order valence-electron chi connectivity index (χ1n) is 12.2. The number of carbonyl (C=O) groups is 4. The van der Waals surface area contributed by atoms with E-state index in [-0.39, 0.29) is 57.4 Å². The summed E-state index contributed by atoms with van der Waals surface area (Å²) >= 11 is 0. The number of hydrogen-bond acceptors (Lipinski definition) is 10. The highest BCUT2D eigenvalue weighted by Crippen LogP contribution is 2.37. The van der Waals surface area contributed by atoms with E-state index in [1.54, 1.807) is 20.8 Å². The van der Waals surface area contributed by atoms with Crippen LogP contribution in [0.2, 0.25) is 0 Å². The van der Waals surface area contributed by atoms with Crippen LogP contribution in [-0.4, -0.2) is 39.7 Å². The van der Waals surface area contributed by atoms with Crippen LogP contribution in [0.1, 0.15) is 64.4 Å². The Morgan fingerprint density at radius 1 is 0.775 bits per heavy atom. The molecule has 2 aromatic rings. The number of aromatic hydroxyl groups is 2. The topological polar surface area (TPSA) is 146 Å². The molecule has 0 heterocycles. The van der Waals surface area contributed by atoms with Crippen LogP contribution in [0.3, 0.4) is 0 Å². The lowest BCUT2D eigenvalue weighted by Crippen LogP contribution is -2.31. The summed E-state index contributed by atoms with van der Waals surface area (Å²) in [5, 5.41) is 20.9. The molecule has 2 N–H and O–H groups in total. The van der Waals surface area contributed by atoms with E-state index in [4.69, 9.17) is 18.9 Å². The van der Waals surface area contributed by atoms with Crippen molar-refractivity contribution >= 4 is 23.9 Å². The minimum Gasteiger partial charge on any atom is -0.508 e. The zero-order valence-electron chi connectivity index (χ0n) is 23.7. The van der Waals surface area contributed by atoms with Gasteiger partial charge in [0, 0.05) is 17.2 Å². The average molecular weight is 555 g/mol. The molecule has 2 rings (SSSR count). The summed E-state index contributed by atoms with van der Waals surface area (Å²) in [6.45, 7) is 17.9. The van der Waals surface area contributed by atoms with Crippen molar-refractivity contribution in [2.45, 2.75) is 60.5 Å². The van der Waals surface area contributed by atoms with Crippen molar-refractivity contribution in [1.82, 2.24) is 0 Å². The standard InChI is InChI=1S/C30H34O10/c1-16(2)25(33)37-19-10-11-21(31)24(13-19)39-28(36)30(8,9)15-18-12-23(38-26(34)17(3)4)20(14-22(18)32)27(35)40-29(5,6)7/h10-14,31-32H,1,3,15H2,2,4-9H3. The Labute approximate surface area is 232 Å². The van der Waals surface area contributed by atoms with E-state index in [9.17, 15) is 29.4 Å². The fourth-order valence-electron chi connectivity index (χ4n) is 3.14. The predicted molar refractivity (Wildman–Crippen MR) is 145 cm³/mol. The van der Waals surface area contributed by atoms with Crippen molar-refractivity contribution in [3.05, 3.63) is 65.8 Å². The van der Waals surface area contributed by atoms with E-state index in [2.05, 4.69) is 13.2 Å². The van der Waals surface area contributed by atoms with Gasteiger partial charge in [0.25, 0.3) is 0 Å². The number of hydrogen-bond donors (Lipinski definition) is 2. The monoisotopic (exact) mass is 554 g/mol. The Balaban J connectivity index is 2.39. The van der Waals surface area contributed by atoms with Crippen LogP contribution >= 0.6 is 0 Å². The van der Waals surface area contributed by atoms with Gasteiger partial charge in [0.1, 0.15) is 28.4 Å². The smallest absolute Gasteiger partial charge is 0.342 e. The summed E-state index contributed by atoms with van der Waals surface area (Å²) in [5.74, 6) is -4.30. The Kier molecular flexibility index (Phi) is 9.54. The molecule has 2 aromatic carbocycles. The van der Waals surface area contributed by atoms with Gasteiger partial charge in [0.15, 0.2) is 11.5 Å². The van der Waals surface area contributed by atoms with Crippen molar-refractivity contribution in [3.8, 4) is 28.7 Å². The second-order valence-corrected chi connectivity index (χ2v) is 10.9. The Morgan fingerprint density at radius 3 is 1.90 bits per heavy atom. The van der Waals surface area contributed by atoms with Gasteiger partial charge >= 0.3 is 23.9 Å². The van der Waals surface area contributed by atoms with Crippen LogP contribution < -0.4 is 14.2 Å². The highest BCUT2D eigenvalue weighted by molar-refractivity contribution is 5.96. The van der Waals surface area contributed by atoms with Crippen molar-refractivity contribution in [2.24, 2.45) is 5.41 Å². The minimum atomic E-state index is -1.31. The molecule has 0 aromatic heterocycles. The number of esters is 4. The van der Waals surface area contributed by atoms with Gasteiger partial charge in [-0.05, 0) is 84.7 Å². The van der Waals surface area contributed by atoms with E-state index in [1.165, 1.54) is 52.0 Å². The van der Waals surface area contributed by atoms with Crippen molar-refractivity contribution in [2.75, 3.05) is 0 Å². The zero-order valence-corrected chi connectivity index (χ0v) is 23.7. The van der Waals surface area contributed by atoms with Gasteiger partial charge in [0.2, 0.25) is 0 Å². The number of phenolic OH excluding ortho intramolecular Hbond substituents is 2. The molecule has 0 radical (unpaired) electrons. The lowest BCUT2D eigenvalue weighted by atomic mass is 9.85. The maximum absolute atomic E-state index is 13.1. The minimum absolute atomic E-state index is 0.0192. The van der Waals surface area contributed by atoms with E-state index >= 15 is 0 Å². The van der Waals surface area contributed by atoms with E-state index in [0.717, 1.165) is 6.07 Å². The second kappa shape index (κ2) is 12.1. The highest BCUT2D eigenvalue weighted by Gasteiger charge is 2.33. The maximum Gasteiger partial charge on any atom is 0.342 e. The molecule has 40 heavy (non-hydrogen) atoms. The summed E-state index contributed by atoms with van der Waals surface area (Å²) in [7, 11) is 0. The fourth-order valence-corrected chi connectivity index (χ4v) is 3.14. The number of benzene rings is 2. The lowest BCUT2D eigenvalue weighted by Gasteiger charge is -2.24. The van der Waals surface area contributed by atoms with Gasteiger partial charge in [-0.1, -0.05) is 13.2 Å². The van der Waals surface area contributed by atoms with Crippen LogP contribution in [-0.2, 0) is 25.5 Å². The van der Waals surface area contributed by atoms with Crippen LogP contribution in [0.5, 0.6) is 28.7 Å². The van der Waals surface area contributed by atoms with E-state index in [1.807, 2.05) is 0 Å². The molecule has 0 saturated heterocycles. The number of carbonyl (C=O) groups excluding carboxylic acids is 4. The number of rotatable bonds is 9. The summed E-state index contributed by atoms with van der Waals surface area (Å²) in [4.78, 5) is 50.0. The summed E-state index contributed by atoms with van der Waals surface area (Å²) in [5.41, 5.74) is -1.98. The molecule has 0 fully saturated rings. The van der Waals surface area contributed by atoms with Gasteiger partial charge in [-0.25, -0.2) is 14.4 Å². The van der Waals surface area contributed by atoms with Crippen molar-refractivity contribution < 1.29 is 48.3 Å². The SMILES string of the molecule is C=C(C)C(=O)Oc1ccc(O)c(OC(=O)C(C)(C)Cc2cc(OC(=O)C(=C)C)c(C(=O)OC(C)(C)C)cc2O)c1. The maximum atomic E-state index is 13.1. The molecule has 0 unspecified atom stereocenters. The molecule has 0 bridgehead atoms. The van der Waals surface area contributed by atoms with E-state index < -0.39 is 34.9 Å². The van der Waals surface area contributed by atoms with Crippen LogP contribution in [0, 0.1) is 5.41 Å². The summed E-state index contributed by atoms with van der Waals surface area (Å²) in [6.07, 6.45) is -0.130. The molecule has 0 aliphatic rings. The van der Waals surface area contributed by atoms with Gasteiger partial charge in [0.05, 0.1) is 5.41 Å². The van der Waals surface area contributed by atoms with Crippen molar-refractivity contribution in [1.29, 1.82) is 0 Å². The second-order valence-electron chi connectivity index (χ2n) is 10.9. The first-order valence-corrected chi connectivity index (χ1v) is 12.2. The highest BCUT2D eigenvalue weighted by atomic mass is 16.6. The molecular weight excluding hydrogens is 520 g/mol. The molecule has 0 aliphatic carbocycles. The molecule has 0 atom stereocenters. The van der Waals surface area contributed by atoms with Gasteiger partial charge in [-0.3, -0.25) is 4.79 Å². The third-order valence-corrected chi connectivity index (χ3v) is 5.23. The molecule has 0 aliphatic heterocycles. The first kappa shape index (κ1) is 31.6. The Morgan fingerprint density at radius 2 is 1.35 bits per heavy atom. The quantitative estimate of drug-likeness (QED) is 0.241. The number of phenols is 2.